The molecule has 7 heteroatoms. The standard InChI is InChI=1S/C13H19BN2O3S/c1-12(2)13(3,4)19-14(18-12)9-7-15-11(20-9)16-10(17)8-5-6-8/h7-8H,5-6H2,1-4H3,(H,15,16,17). The summed E-state index contributed by atoms with van der Waals surface area (Å²) in [5.74, 6) is 0.249. The Hall–Kier alpha value is -0.915. The summed E-state index contributed by atoms with van der Waals surface area (Å²) < 4.78 is 12.8. The van der Waals surface area contributed by atoms with Crippen LogP contribution in [0.4, 0.5) is 5.13 Å². The summed E-state index contributed by atoms with van der Waals surface area (Å²) in [6.45, 7) is 8.07. The summed E-state index contributed by atoms with van der Waals surface area (Å²) in [6, 6.07) is 0. The molecule has 1 aliphatic heterocycles. The molecule has 1 aromatic rings. The first-order valence-electron chi connectivity index (χ1n) is 6.91. The van der Waals surface area contributed by atoms with Crippen LogP contribution in [-0.4, -0.2) is 29.2 Å². The van der Waals surface area contributed by atoms with Gasteiger partial charge < -0.3 is 14.6 Å². The maximum atomic E-state index is 11.7. The molecule has 1 saturated carbocycles. The Morgan fingerprint density at radius 1 is 1.35 bits per heavy atom. The van der Waals surface area contributed by atoms with Crippen molar-refractivity contribution < 1.29 is 14.1 Å². The van der Waals surface area contributed by atoms with Crippen molar-refractivity contribution in [1.29, 1.82) is 0 Å². The van der Waals surface area contributed by atoms with Gasteiger partial charge in [0.1, 0.15) is 0 Å². The highest BCUT2D eigenvalue weighted by molar-refractivity contribution is 7.25. The van der Waals surface area contributed by atoms with E-state index in [-0.39, 0.29) is 23.0 Å². The lowest BCUT2D eigenvalue weighted by Gasteiger charge is -2.32. The molecule has 1 N–H and O–H groups in total. The van der Waals surface area contributed by atoms with Gasteiger partial charge in [-0.05, 0) is 40.5 Å². The number of hydrogen-bond acceptors (Lipinski definition) is 5. The quantitative estimate of drug-likeness (QED) is 0.863. The third kappa shape index (κ3) is 2.50. The van der Waals surface area contributed by atoms with E-state index in [9.17, 15) is 4.79 Å². The number of nitrogens with one attached hydrogen (secondary N) is 1. The molecular formula is C13H19BN2O3S. The fraction of sp³-hybridized carbons (Fsp3) is 0.692. The van der Waals surface area contributed by atoms with Gasteiger partial charge in [-0.15, -0.1) is 11.3 Å². The first-order valence-corrected chi connectivity index (χ1v) is 7.72. The van der Waals surface area contributed by atoms with Crippen LogP contribution in [0.3, 0.4) is 0 Å². The number of anilines is 1. The second-order valence-corrected chi connectivity index (χ2v) is 7.48. The molecule has 1 saturated heterocycles. The fourth-order valence-electron chi connectivity index (χ4n) is 1.97. The number of rotatable bonds is 3. The summed E-state index contributed by atoms with van der Waals surface area (Å²) >= 11 is 1.41. The molecule has 20 heavy (non-hydrogen) atoms. The van der Waals surface area contributed by atoms with Crippen molar-refractivity contribution in [2.45, 2.75) is 51.7 Å². The zero-order valence-corrected chi connectivity index (χ0v) is 13.0. The summed E-state index contributed by atoms with van der Waals surface area (Å²) in [4.78, 5) is 15.9. The highest BCUT2D eigenvalue weighted by Crippen LogP contribution is 2.37. The van der Waals surface area contributed by atoms with Crippen LogP contribution in [0, 0.1) is 5.92 Å². The number of hydrogen-bond donors (Lipinski definition) is 1. The number of aromatic nitrogens is 1. The minimum absolute atomic E-state index is 0.0693. The largest absolute Gasteiger partial charge is 0.507 e. The molecule has 2 heterocycles. The Bertz CT molecular complexity index is 523. The van der Waals surface area contributed by atoms with Gasteiger partial charge in [0, 0.05) is 12.1 Å². The van der Waals surface area contributed by atoms with Crippen molar-refractivity contribution in [2.24, 2.45) is 5.92 Å². The van der Waals surface area contributed by atoms with Crippen LogP contribution in [0.5, 0.6) is 0 Å². The lowest BCUT2D eigenvalue weighted by Crippen LogP contribution is -2.41. The molecule has 1 aromatic heterocycles. The zero-order chi connectivity index (χ0) is 14.5. The summed E-state index contributed by atoms with van der Waals surface area (Å²) in [5.41, 5.74) is -0.724. The monoisotopic (exact) mass is 294 g/mol. The van der Waals surface area contributed by atoms with Gasteiger partial charge in [0.05, 0.1) is 16.0 Å². The maximum Gasteiger partial charge on any atom is 0.507 e. The molecule has 0 atom stereocenters. The fourth-order valence-corrected chi connectivity index (χ4v) is 2.74. The average Bonchev–Trinajstić information content (AvgIpc) is 3.04. The van der Waals surface area contributed by atoms with Crippen molar-refractivity contribution in [2.75, 3.05) is 5.32 Å². The van der Waals surface area contributed by atoms with Crippen molar-refractivity contribution in [1.82, 2.24) is 4.98 Å². The van der Waals surface area contributed by atoms with Crippen molar-refractivity contribution >= 4 is 34.3 Å². The van der Waals surface area contributed by atoms with Gasteiger partial charge in [-0.2, -0.15) is 0 Å². The van der Waals surface area contributed by atoms with Gasteiger partial charge in [-0.3, -0.25) is 4.79 Å². The molecule has 0 spiro atoms. The first-order chi connectivity index (χ1) is 9.28. The topological polar surface area (TPSA) is 60.5 Å². The van der Waals surface area contributed by atoms with Gasteiger partial charge in [0.25, 0.3) is 0 Å². The second kappa shape index (κ2) is 4.54. The van der Waals surface area contributed by atoms with E-state index < -0.39 is 7.12 Å². The predicted molar refractivity (Wildman–Crippen MR) is 79.2 cm³/mol. The Morgan fingerprint density at radius 2 is 1.95 bits per heavy atom. The molecule has 0 radical (unpaired) electrons. The molecule has 0 bridgehead atoms. The number of amides is 1. The molecule has 1 amide bonds. The Kier molecular flexibility index (Phi) is 3.19. The zero-order valence-electron chi connectivity index (χ0n) is 12.2. The molecule has 3 rings (SSSR count). The van der Waals surface area contributed by atoms with Crippen LogP contribution < -0.4 is 10.1 Å². The normalized spacial score (nSPS) is 23.9. The van der Waals surface area contributed by atoms with Crippen LogP contribution >= 0.6 is 11.3 Å². The van der Waals surface area contributed by atoms with E-state index in [0.717, 1.165) is 17.6 Å². The van der Waals surface area contributed by atoms with Crippen LogP contribution in [0.25, 0.3) is 0 Å². The van der Waals surface area contributed by atoms with Gasteiger partial charge >= 0.3 is 7.12 Å². The lowest BCUT2D eigenvalue weighted by atomic mass is 9.89. The maximum absolute atomic E-state index is 11.7. The van der Waals surface area contributed by atoms with E-state index >= 15 is 0 Å². The minimum Gasteiger partial charge on any atom is -0.399 e. The number of thiazole rings is 1. The number of nitrogens with zero attached hydrogens (tertiary/aromatic N) is 1. The van der Waals surface area contributed by atoms with E-state index in [4.69, 9.17) is 9.31 Å². The highest BCUT2D eigenvalue weighted by atomic mass is 32.1. The van der Waals surface area contributed by atoms with Crippen molar-refractivity contribution in [3.63, 3.8) is 0 Å². The predicted octanol–water partition coefficient (Wildman–Crippen LogP) is 1.79. The highest BCUT2D eigenvalue weighted by Gasteiger charge is 2.52. The molecule has 2 aliphatic rings. The van der Waals surface area contributed by atoms with Crippen LogP contribution in [0.15, 0.2) is 6.20 Å². The summed E-state index contributed by atoms with van der Waals surface area (Å²) in [6.07, 6.45) is 3.69. The van der Waals surface area contributed by atoms with Crippen LogP contribution in [-0.2, 0) is 14.1 Å². The van der Waals surface area contributed by atoms with E-state index in [1.54, 1.807) is 6.20 Å². The third-order valence-corrected chi connectivity index (χ3v) is 5.12. The van der Waals surface area contributed by atoms with E-state index in [2.05, 4.69) is 10.3 Å². The molecule has 5 nitrogen and oxygen atoms in total. The third-order valence-electron chi connectivity index (χ3n) is 4.19. The van der Waals surface area contributed by atoms with Gasteiger partial charge in [-0.1, -0.05) is 0 Å². The summed E-state index contributed by atoms with van der Waals surface area (Å²) in [5, 5.41) is 3.46. The molecule has 1 aliphatic carbocycles. The van der Waals surface area contributed by atoms with Crippen LogP contribution in [0.1, 0.15) is 40.5 Å². The van der Waals surface area contributed by atoms with Crippen molar-refractivity contribution in [3.05, 3.63) is 6.20 Å². The van der Waals surface area contributed by atoms with Crippen LogP contribution in [0.2, 0.25) is 0 Å². The van der Waals surface area contributed by atoms with Gasteiger partial charge in [0.15, 0.2) is 5.13 Å². The minimum atomic E-state index is -0.413. The Balaban J connectivity index is 1.70. The molecule has 0 unspecified atom stereocenters. The number of carbonyl (C=O) groups is 1. The Labute approximate surface area is 123 Å². The lowest BCUT2D eigenvalue weighted by molar-refractivity contribution is -0.117. The van der Waals surface area contributed by atoms with Gasteiger partial charge in [0.2, 0.25) is 5.91 Å². The van der Waals surface area contributed by atoms with E-state index in [0.29, 0.717) is 5.13 Å². The van der Waals surface area contributed by atoms with E-state index in [1.165, 1.54) is 11.3 Å². The molecule has 2 fully saturated rings. The summed E-state index contributed by atoms with van der Waals surface area (Å²) in [7, 11) is -0.413. The molecule has 0 aromatic carbocycles. The Morgan fingerprint density at radius 3 is 2.50 bits per heavy atom. The SMILES string of the molecule is CC1(C)OB(c2cnc(NC(=O)C3CC3)s2)OC1(C)C. The van der Waals surface area contributed by atoms with Gasteiger partial charge in [-0.25, -0.2) is 4.98 Å². The smallest absolute Gasteiger partial charge is 0.399 e. The number of carbonyl (C=O) groups excluding carboxylic acids is 1. The van der Waals surface area contributed by atoms with Crippen molar-refractivity contribution in [3.8, 4) is 0 Å². The van der Waals surface area contributed by atoms with E-state index in [1.807, 2.05) is 27.7 Å². The molecule has 108 valence electrons. The second-order valence-electron chi connectivity index (χ2n) is 6.42. The first kappa shape index (κ1) is 14.0. The molecular weight excluding hydrogens is 275 g/mol. The average molecular weight is 294 g/mol.